The van der Waals surface area contributed by atoms with Crippen LogP contribution in [0.25, 0.3) is 0 Å². The zero-order chi connectivity index (χ0) is 15.4. The van der Waals surface area contributed by atoms with Gasteiger partial charge in [-0.05, 0) is 25.1 Å². The third-order valence-corrected chi connectivity index (χ3v) is 2.83. The van der Waals surface area contributed by atoms with Gasteiger partial charge in [0.25, 0.3) is 5.56 Å². The topological polar surface area (TPSA) is 99.2 Å². The summed E-state index contributed by atoms with van der Waals surface area (Å²) in [5.74, 6) is 0.217. The quantitative estimate of drug-likeness (QED) is 0.810. The van der Waals surface area contributed by atoms with Crippen molar-refractivity contribution in [3.63, 3.8) is 0 Å². The molecule has 0 aliphatic carbocycles. The van der Waals surface area contributed by atoms with Crippen molar-refractivity contribution in [3.05, 3.63) is 46.4 Å². The highest BCUT2D eigenvalue weighted by Gasteiger charge is 2.09. The molecule has 110 valence electrons. The Balaban J connectivity index is 2.11. The smallest absolute Gasteiger partial charge is 0.267 e. The second-order valence-corrected chi connectivity index (χ2v) is 4.47. The maximum absolute atomic E-state index is 12.0. The van der Waals surface area contributed by atoms with Gasteiger partial charge in [0.2, 0.25) is 5.91 Å². The van der Waals surface area contributed by atoms with Gasteiger partial charge in [0.1, 0.15) is 12.3 Å². The lowest BCUT2D eigenvalue weighted by molar-refractivity contribution is -0.117. The number of rotatable bonds is 4. The van der Waals surface area contributed by atoms with Crippen LogP contribution in [-0.4, -0.2) is 22.8 Å². The minimum absolute atomic E-state index is 0.175. The van der Waals surface area contributed by atoms with Gasteiger partial charge in [-0.15, -0.1) is 0 Å². The fourth-order valence-corrected chi connectivity index (χ4v) is 1.77. The molecule has 0 saturated carbocycles. The first kappa shape index (κ1) is 14.6. The normalized spacial score (nSPS) is 10.2. The summed E-state index contributed by atoms with van der Waals surface area (Å²) in [5, 5.41) is 6.63. The number of aromatic nitrogens is 2. The molecule has 1 amide bonds. The minimum Gasteiger partial charge on any atom is -0.497 e. The molecule has 0 unspecified atom stereocenters. The fourth-order valence-electron chi connectivity index (χ4n) is 1.77. The molecule has 0 fully saturated rings. The van der Waals surface area contributed by atoms with E-state index in [1.54, 1.807) is 31.2 Å². The lowest BCUT2D eigenvalue weighted by atomic mass is 10.2. The summed E-state index contributed by atoms with van der Waals surface area (Å²) in [7, 11) is 1.53. The Morgan fingerprint density at radius 2 is 2.14 bits per heavy atom. The van der Waals surface area contributed by atoms with E-state index in [1.807, 2.05) is 0 Å². The third-order valence-electron chi connectivity index (χ3n) is 2.83. The van der Waals surface area contributed by atoms with Crippen LogP contribution in [0.3, 0.4) is 0 Å². The number of nitrogens with zero attached hydrogens (tertiary/aromatic N) is 2. The molecule has 0 atom stereocenters. The number of carbonyl (C=O) groups excluding carboxylic acids is 1. The molecule has 21 heavy (non-hydrogen) atoms. The van der Waals surface area contributed by atoms with E-state index < -0.39 is 0 Å². The van der Waals surface area contributed by atoms with E-state index in [0.717, 1.165) is 4.68 Å². The highest BCUT2D eigenvalue weighted by atomic mass is 16.5. The molecule has 1 aromatic carbocycles. The molecule has 7 heteroatoms. The first-order chi connectivity index (χ1) is 9.99. The molecule has 0 spiro atoms. The minimum atomic E-state index is -0.382. The van der Waals surface area contributed by atoms with E-state index in [2.05, 4.69) is 10.4 Å². The van der Waals surface area contributed by atoms with Crippen LogP contribution in [-0.2, 0) is 11.3 Å². The predicted molar refractivity (Wildman–Crippen MR) is 79.3 cm³/mol. The number of nitrogens with two attached hydrogens (primary N) is 1. The summed E-state index contributed by atoms with van der Waals surface area (Å²) in [6.45, 7) is 1.57. The van der Waals surface area contributed by atoms with E-state index >= 15 is 0 Å². The van der Waals surface area contributed by atoms with Gasteiger partial charge < -0.3 is 15.8 Å². The van der Waals surface area contributed by atoms with Crippen LogP contribution in [0.1, 0.15) is 5.69 Å². The number of nitrogens with one attached hydrogen (secondary N) is 1. The summed E-state index contributed by atoms with van der Waals surface area (Å²) in [6, 6.07) is 7.89. The molecule has 0 aliphatic heterocycles. The number of carbonyl (C=O) groups is 1. The number of aryl methyl sites for hydroxylation is 1. The van der Waals surface area contributed by atoms with Crippen LogP contribution in [0.5, 0.6) is 5.75 Å². The summed E-state index contributed by atoms with van der Waals surface area (Å²) >= 11 is 0. The lowest BCUT2D eigenvalue weighted by Gasteiger charge is -2.10. The van der Waals surface area contributed by atoms with Crippen LogP contribution in [0.2, 0.25) is 0 Å². The monoisotopic (exact) mass is 288 g/mol. The van der Waals surface area contributed by atoms with Gasteiger partial charge in [-0.1, -0.05) is 0 Å². The number of methoxy groups -OCH3 is 1. The number of ether oxygens (including phenoxy) is 1. The second-order valence-electron chi connectivity index (χ2n) is 4.47. The first-order valence-electron chi connectivity index (χ1n) is 6.28. The van der Waals surface area contributed by atoms with Crippen LogP contribution in [0.4, 0.5) is 11.4 Å². The number of nitrogen functional groups attached to an aromatic ring is 1. The Bertz CT molecular complexity index is 724. The van der Waals surface area contributed by atoms with E-state index in [4.69, 9.17) is 10.5 Å². The zero-order valence-electron chi connectivity index (χ0n) is 11.8. The highest BCUT2D eigenvalue weighted by Crippen LogP contribution is 2.23. The van der Waals surface area contributed by atoms with Gasteiger partial charge in [-0.25, -0.2) is 4.68 Å². The van der Waals surface area contributed by atoms with Crippen molar-refractivity contribution < 1.29 is 9.53 Å². The Morgan fingerprint density at radius 1 is 1.38 bits per heavy atom. The van der Waals surface area contributed by atoms with E-state index in [1.165, 1.54) is 13.2 Å². The molecule has 0 saturated heterocycles. The number of benzene rings is 1. The molecule has 1 aromatic heterocycles. The Labute approximate surface area is 121 Å². The standard InChI is InChI=1S/C14H16N4O3/c1-9-3-6-14(20)18(17-9)8-13(19)16-12-5-4-10(21-2)7-11(12)15/h3-7H,8,15H2,1-2H3,(H,16,19). The molecular weight excluding hydrogens is 272 g/mol. The van der Waals surface area contributed by atoms with Crippen molar-refractivity contribution >= 4 is 17.3 Å². The predicted octanol–water partition coefficient (Wildman–Crippen LogP) is 0.781. The third kappa shape index (κ3) is 3.59. The molecule has 1 heterocycles. The summed E-state index contributed by atoms with van der Waals surface area (Å²) < 4.78 is 6.13. The average molecular weight is 288 g/mol. The van der Waals surface area contributed by atoms with Crippen LogP contribution in [0, 0.1) is 6.92 Å². The van der Waals surface area contributed by atoms with Crippen molar-refractivity contribution in [1.82, 2.24) is 9.78 Å². The van der Waals surface area contributed by atoms with Crippen molar-refractivity contribution in [2.75, 3.05) is 18.2 Å². The maximum atomic E-state index is 12.0. The molecule has 0 bridgehead atoms. The largest absolute Gasteiger partial charge is 0.497 e. The van der Waals surface area contributed by atoms with Gasteiger partial charge in [0.15, 0.2) is 0 Å². The van der Waals surface area contributed by atoms with E-state index in [-0.39, 0.29) is 18.0 Å². The summed E-state index contributed by atoms with van der Waals surface area (Å²) in [5.41, 5.74) is 6.98. The number of anilines is 2. The van der Waals surface area contributed by atoms with Crippen molar-refractivity contribution in [1.29, 1.82) is 0 Å². The first-order valence-corrected chi connectivity index (χ1v) is 6.28. The van der Waals surface area contributed by atoms with Crippen molar-refractivity contribution in [2.45, 2.75) is 13.5 Å². The highest BCUT2D eigenvalue weighted by molar-refractivity contribution is 5.93. The van der Waals surface area contributed by atoms with Gasteiger partial charge in [-0.3, -0.25) is 9.59 Å². The summed E-state index contributed by atoms with van der Waals surface area (Å²) in [6.07, 6.45) is 0. The number of amides is 1. The zero-order valence-corrected chi connectivity index (χ0v) is 11.8. The lowest BCUT2D eigenvalue weighted by Crippen LogP contribution is -2.29. The van der Waals surface area contributed by atoms with E-state index in [0.29, 0.717) is 22.8 Å². The van der Waals surface area contributed by atoms with Crippen molar-refractivity contribution in [3.8, 4) is 5.75 Å². The molecular formula is C14H16N4O3. The molecule has 0 radical (unpaired) electrons. The number of hydrogen-bond acceptors (Lipinski definition) is 5. The van der Waals surface area contributed by atoms with Crippen molar-refractivity contribution in [2.24, 2.45) is 0 Å². The maximum Gasteiger partial charge on any atom is 0.267 e. The molecule has 0 aliphatic rings. The van der Waals surface area contributed by atoms with Gasteiger partial charge in [0.05, 0.1) is 24.2 Å². The molecule has 7 nitrogen and oxygen atoms in total. The Kier molecular flexibility index (Phi) is 4.22. The Hall–Kier alpha value is -2.83. The molecule has 2 aromatic rings. The van der Waals surface area contributed by atoms with Gasteiger partial charge >= 0.3 is 0 Å². The molecule has 2 rings (SSSR count). The van der Waals surface area contributed by atoms with Crippen LogP contribution < -0.4 is 21.3 Å². The fraction of sp³-hybridized carbons (Fsp3) is 0.214. The Morgan fingerprint density at radius 3 is 2.81 bits per heavy atom. The van der Waals surface area contributed by atoms with Gasteiger partial charge in [0, 0.05) is 12.1 Å². The number of hydrogen-bond donors (Lipinski definition) is 2. The van der Waals surface area contributed by atoms with E-state index in [9.17, 15) is 9.59 Å². The summed E-state index contributed by atoms with van der Waals surface area (Å²) in [4.78, 5) is 23.5. The molecule has 3 N–H and O–H groups in total. The van der Waals surface area contributed by atoms with Crippen LogP contribution in [0.15, 0.2) is 35.1 Å². The SMILES string of the molecule is COc1ccc(NC(=O)Cn2nc(C)ccc2=O)c(N)c1. The average Bonchev–Trinajstić information content (AvgIpc) is 2.45. The van der Waals surface area contributed by atoms with Crippen LogP contribution >= 0.6 is 0 Å². The second kappa shape index (κ2) is 6.08. The van der Waals surface area contributed by atoms with Gasteiger partial charge in [-0.2, -0.15) is 5.10 Å².